The van der Waals surface area contributed by atoms with Gasteiger partial charge in [-0.2, -0.15) is 0 Å². The van der Waals surface area contributed by atoms with Gasteiger partial charge in [-0.3, -0.25) is 0 Å². The van der Waals surface area contributed by atoms with Gasteiger partial charge in [-0.25, -0.2) is 4.98 Å². The quantitative estimate of drug-likeness (QED) is 0.558. The highest BCUT2D eigenvalue weighted by molar-refractivity contribution is 7.98. The van der Waals surface area contributed by atoms with Gasteiger partial charge in [0, 0.05) is 27.5 Å². The van der Waals surface area contributed by atoms with Crippen LogP contribution < -0.4 is 9.47 Å². The lowest BCUT2D eigenvalue weighted by Crippen LogP contribution is -1.93. The zero-order chi connectivity index (χ0) is 16.4. The predicted molar refractivity (Wildman–Crippen MR) is 98.5 cm³/mol. The van der Waals surface area contributed by atoms with Crippen molar-refractivity contribution in [3.05, 3.63) is 69.1 Å². The van der Waals surface area contributed by atoms with Gasteiger partial charge in [-0.1, -0.05) is 17.7 Å². The van der Waals surface area contributed by atoms with Crippen molar-refractivity contribution in [1.29, 1.82) is 0 Å². The van der Waals surface area contributed by atoms with Gasteiger partial charge in [0.15, 0.2) is 11.5 Å². The van der Waals surface area contributed by atoms with Gasteiger partial charge in [0.25, 0.3) is 0 Å². The van der Waals surface area contributed by atoms with Crippen molar-refractivity contribution in [2.75, 3.05) is 6.79 Å². The van der Waals surface area contributed by atoms with E-state index in [4.69, 9.17) is 26.1 Å². The molecule has 1 aliphatic rings. The normalized spacial score (nSPS) is 12.5. The highest BCUT2D eigenvalue weighted by atomic mass is 35.5. The van der Waals surface area contributed by atoms with Crippen LogP contribution in [0.1, 0.15) is 16.3 Å². The average molecular weight is 376 g/mol. The highest BCUT2D eigenvalue weighted by Crippen LogP contribution is 2.33. The average Bonchev–Trinajstić information content (AvgIpc) is 3.23. The summed E-state index contributed by atoms with van der Waals surface area (Å²) in [5.74, 6) is 2.50. The minimum absolute atomic E-state index is 0.308. The van der Waals surface area contributed by atoms with Gasteiger partial charge < -0.3 is 9.47 Å². The Morgan fingerprint density at radius 1 is 1.08 bits per heavy atom. The number of hydrogen-bond donors (Lipinski definition) is 0. The van der Waals surface area contributed by atoms with Crippen molar-refractivity contribution in [3.63, 3.8) is 0 Å². The molecule has 0 atom stereocenters. The SMILES string of the molecule is Clc1ccc(SCc2csc(Cc3ccc4c(c3)OCO4)n2)cc1. The number of thiazole rings is 1. The summed E-state index contributed by atoms with van der Waals surface area (Å²) in [5, 5.41) is 4.00. The molecule has 122 valence electrons. The molecule has 24 heavy (non-hydrogen) atoms. The maximum atomic E-state index is 5.91. The molecule has 3 nitrogen and oxygen atoms in total. The van der Waals surface area contributed by atoms with E-state index in [2.05, 4.69) is 11.4 Å². The highest BCUT2D eigenvalue weighted by Gasteiger charge is 2.14. The first-order valence-electron chi connectivity index (χ1n) is 7.46. The molecule has 0 amide bonds. The molecule has 0 saturated heterocycles. The smallest absolute Gasteiger partial charge is 0.231 e. The van der Waals surface area contributed by atoms with Crippen LogP contribution >= 0.6 is 34.7 Å². The topological polar surface area (TPSA) is 31.4 Å². The van der Waals surface area contributed by atoms with Crippen molar-refractivity contribution in [2.24, 2.45) is 0 Å². The maximum absolute atomic E-state index is 5.91. The van der Waals surface area contributed by atoms with Crippen molar-refractivity contribution >= 4 is 34.7 Å². The van der Waals surface area contributed by atoms with Crippen molar-refractivity contribution in [3.8, 4) is 11.5 Å². The minimum Gasteiger partial charge on any atom is -0.454 e. The number of benzene rings is 2. The summed E-state index contributed by atoms with van der Waals surface area (Å²) >= 11 is 9.37. The lowest BCUT2D eigenvalue weighted by atomic mass is 10.1. The Morgan fingerprint density at radius 2 is 1.92 bits per heavy atom. The molecule has 0 spiro atoms. The molecule has 0 radical (unpaired) electrons. The van der Waals surface area contributed by atoms with Crippen molar-refractivity contribution in [2.45, 2.75) is 17.1 Å². The van der Waals surface area contributed by atoms with Crippen LogP contribution in [-0.4, -0.2) is 11.8 Å². The summed E-state index contributed by atoms with van der Waals surface area (Å²) in [7, 11) is 0. The molecule has 3 aromatic rings. The van der Waals surface area contributed by atoms with Gasteiger partial charge in [-0.15, -0.1) is 23.1 Å². The number of halogens is 1. The molecular weight excluding hydrogens is 362 g/mol. The summed E-state index contributed by atoms with van der Waals surface area (Å²) in [5.41, 5.74) is 2.29. The summed E-state index contributed by atoms with van der Waals surface area (Å²) in [6.07, 6.45) is 0.812. The summed E-state index contributed by atoms with van der Waals surface area (Å²) in [6.45, 7) is 0.308. The number of hydrogen-bond acceptors (Lipinski definition) is 5. The van der Waals surface area contributed by atoms with Crippen molar-refractivity contribution in [1.82, 2.24) is 4.98 Å². The summed E-state index contributed by atoms with van der Waals surface area (Å²) in [4.78, 5) is 5.93. The van der Waals surface area contributed by atoms with Gasteiger partial charge >= 0.3 is 0 Å². The summed E-state index contributed by atoms with van der Waals surface area (Å²) < 4.78 is 10.8. The molecule has 0 bridgehead atoms. The second kappa shape index (κ2) is 7.05. The maximum Gasteiger partial charge on any atom is 0.231 e. The Labute approximate surface area is 153 Å². The van der Waals surface area contributed by atoms with Crippen LogP contribution in [0.15, 0.2) is 52.7 Å². The van der Waals surface area contributed by atoms with Crippen LogP contribution in [0.25, 0.3) is 0 Å². The van der Waals surface area contributed by atoms with Crippen LogP contribution in [0.5, 0.6) is 11.5 Å². The van der Waals surface area contributed by atoms with E-state index >= 15 is 0 Å². The predicted octanol–water partition coefficient (Wildman–Crippen LogP) is 5.41. The first-order valence-corrected chi connectivity index (χ1v) is 9.71. The van der Waals surface area contributed by atoms with Gasteiger partial charge in [-0.05, 0) is 42.0 Å². The fourth-order valence-electron chi connectivity index (χ4n) is 2.41. The Bertz CT molecular complexity index is 848. The number of ether oxygens (including phenoxy) is 2. The molecule has 4 rings (SSSR count). The molecule has 1 aromatic heterocycles. The standard InChI is InChI=1S/C18H14ClNO2S2/c19-13-2-4-15(5-3-13)23-9-14-10-24-18(20-14)8-12-1-6-16-17(7-12)22-11-21-16/h1-7,10H,8-9,11H2. The summed E-state index contributed by atoms with van der Waals surface area (Å²) in [6, 6.07) is 14.0. The molecule has 0 saturated carbocycles. The first-order chi connectivity index (χ1) is 11.8. The Hall–Kier alpha value is -1.69. The number of rotatable bonds is 5. The zero-order valence-corrected chi connectivity index (χ0v) is 15.1. The van der Waals surface area contributed by atoms with E-state index in [-0.39, 0.29) is 0 Å². The van der Waals surface area contributed by atoms with Gasteiger partial charge in [0.1, 0.15) is 0 Å². The largest absolute Gasteiger partial charge is 0.454 e. The third kappa shape index (κ3) is 3.69. The number of nitrogens with zero attached hydrogens (tertiary/aromatic N) is 1. The fraction of sp³-hybridized carbons (Fsp3) is 0.167. The molecule has 6 heteroatoms. The van der Waals surface area contributed by atoms with E-state index in [9.17, 15) is 0 Å². The Kier molecular flexibility index (Phi) is 4.65. The lowest BCUT2D eigenvalue weighted by molar-refractivity contribution is 0.174. The third-order valence-electron chi connectivity index (χ3n) is 3.59. The monoisotopic (exact) mass is 375 g/mol. The zero-order valence-electron chi connectivity index (χ0n) is 12.7. The van der Waals surface area contributed by atoms with E-state index in [1.807, 2.05) is 36.4 Å². The van der Waals surface area contributed by atoms with Crippen molar-refractivity contribution < 1.29 is 9.47 Å². The molecule has 0 fully saturated rings. The second-order valence-corrected chi connectivity index (χ2v) is 7.77. The molecule has 2 heterocycles. The lowest BCUT2D eigenvalue weighted by Gasteiger charge is -2.01. The van der Waals surface area contributed by atoms with E-state index in [0.717, 1.165) is 39.4 Å². The number of fused-ring (bicyclic) bond motifs is 1. The number of thioether (sulfide) groups is 1. The fourth-order valence-corrected chi connectivity index (χ4v) is 4.26. The van der Waals surface area contributed by atoms with E-state index in [1.165, 1.54) is 10.5 Å². The van der Waals surface area contributed by atoms with Gasteiger partial charge in [0.05, 0.1) is 10.7 Å². The second-order valence-electron chi connectivity index (χ2n) is 5.34. The van der Waals surface area contributed by atoms with E-state index in [1.54, 1.807) is 23.1 Å². The van der Waals surface area contributed by atoms with Crippen LogP contribution in [-0.2, 0) is 12.2 Å². The van der Waals surface area contributed by atoms with Gasteiger partial charge in [0.2, 0.25) is 6.79 Å². The molecule has 0 aliphatic carbocycles. The van der Waals surface area contributed by atoms with E-state index < -0.39 is 0 Å². The Balaban J connectivity index is 1.38. The molecule has 2 aromatic carbocycles. The third-order valence-corrected chi connectivity index (χ3v) is 5.79. The Morgan fingerprint density at radius 3 is 2.79 bits per heavy atom. The molecular formula is C18H14ClNO2S2. The number of aromatic nitrogens is 1. The molecule has 0 unspecified atom stereocenters. The van der Waals surface area contributed by atoms with Crippen LogP contribution in [0.2, 0.25) is 5.02 Å². The first kappa shape index (κ1) is 15.8. The van der Waals surface area contributed by atoms with E-state index in [0.29, 0.717) is 6.79 Å². The minimum atomic E-state index is 0.308. The molecule has 0 N–H and O–H groups in total. The van der Waals surface area contributed by atoms with Crippen LogP contribution in [0, 0.1) is 0 Å². The van der Waals surface area contributed by atoms with Crippen LogP contribution in [0.4, 0.5) is 0 Å². The van der Waals surface area contributed by atoms with Crippen LogP contribution in [0.3, 0.4) is 0 Å². The molecule has 1 aliphatic heterocycles.